The molecule has 0 heterocycles. The Morgan fingerprint density at radius 2 is 2.22 bits per heavy atom. The number of allylic oxidation sites excluding steroid dienone is 1. The van der Waals surface area contributed by atoms with E-state index >= 15 is 0 Å². The van der Waals surface area contributed by atoms with Crippen LogP contribution in [0.1, 0.15) is 13.8 Å². The van der Waals surface area contributed by atoms with Crippen molar-refractivity contribution in [2.75, 3.05) is 0 Å². The van der Waals surface area contributed by atoms with Crippen molar-refractivity contribution in [3.8, 4) is 0 Å². The van der Waals surface area contributed by atoms with Crippen molar-refractivity contribution >= 4 is 22.2 Å². The molecule has 0 aromatic heterocycles. The average Bonchev–Trinajstić information content (AvgIpc) is 1.83. The Labute approximate surface area is 63.0 Å². The van der Waals surface area contributed by atoms with Gasteiger partial charge in [-0.3, -0.25) is 4.79 Å². The molecule has 0 saturated heterocycles. The first kappa shape index (κ1) is 8.69. The summed E-state index contributed by atoms with van der Waals surface area (Å²) < 4.78 is 5.38. The molecule has 0 rings (SSSR count). The molecule has 0 N–H and O–H groups in total. The molecule has 0 aromatic carbocycles. The van der Waals surface area contributed by atoms with Gasteiger partial charge < -0.3 is 4.74 Å². The first-order chi connectivity index (χ1) is 4.16. The summed E-state index contributed by atoms with van der Waals surface area (Å²) >= 11 is 2.97. The van der Waals surface area contributed by atoms with E-state index in [0.717, 1.165) is 0 Å². The van der Waals surface area contributed by atoms with Crippen LogP contribution in [0.3, 0.4) is 0 Å². The molecular weight excluding hydrogens is 184 g/mol. The molecule has 0 spiro atoms. The third-order valence-electron chi connectivity index (χ3n) is 0.565. The fourth-order valence-corrected chi connectivity index (χ4v) is 0.337. The normalized spacial score (nSPS) is 11.8. The minimum Gasteiger partial charge on any atom is -0.497 e. The molecule has 0 bridgehead atoms. The molecule has 9 heavy (non-hydrogen) atoms. The van der Waals surface area contributed by atoms with E-state index in [1.807, 2.05) is 13.8 Å². The SMILES string of the molecule is CC(C)O/C=C(\Br)C=O. The number of halogens is 1. The number of rotatable bonds is 3. The van der Waals surface area contributed by atoms with E-state index in [9.17, 15) is 4.79 Å². The van der Waals surface area contributed by atoms with Crippen LogP contribution in [0, 0.1) is 0 Å². The van der Waals surface area contributed by atoms with Gasteiger partial charge in [-0.05, 0) is 29.8 Å². The molecule has 0 aliphatic heterocycles. The summed E-state index contributed by atoms with van der Waals surface area (Å²) in [5.74, 6) is 0. The number of ether oxygens (including phenoxy) is 1. The summed E-state index contributed by atoms with van der Waals surface area (Å²) in [6, 6.07) is 0. The Morgan fingerprint density at radius 3 is 2.56 bits per heavy atom. The van der Waals surface area contributed by atoms with Crippen molar-refractivity contribution in [2.24, 2.45) is 0 Å². The summed E-state index contributed by atoms with van der Waals surface area (Å²) in [6.07, 6.45) is 2.19. The summed E-state index contributed by atoms with van der Waals surface area (Å²) in [6.45, 7) is 3.78. The van der Waals surface area contributed by atoms with Crippen molar-refractivity contribution in [1.82, 2.24) is 0 Å². The maximum Gasteiger partial charge on any atom is 0.160 e. The molecule has 0 radical (unpaired) electrons. The topological polar surface area (TPSA) is 26.3 Å². The van der Waals surface area contributed by atoms with Crippen LogP contribution in [0.25, 0.3) is 0 Å². The minimum absolute atomic E-state index is 0.123. The van der Waals surface area contributed by atoms with Crippen LogP contribution >= 0.6 is 15.9 Å². The van der Waals surface area contributed by atoms with Gasteiger partial charge in [-0.25, -0.2) is 0 Å². The maximum absolute atomic E-state index is 9.92. The highest BCUT2D eigenvalue weighted by Crippen LogP contribution is 2.01. The quantitative estimate of drug-likeness (QED) is 0.388. The Hall–Kier alpha value is -0.310. The molecule has 2 nitrogen and oxygen atoms in total. The van der Waals surface area contributed by atoms with Crippen LogP contribution in [0.4, 0.5) is 0 Å². The second-order valence-corrected chi connectivity index (χ2v) is 2.72. The second kappa shape index (κ2) is 4.56. The van der Waals surface area contributed by atoms with Gasteiger partial charge in [0.1, 0.15) is 6.26 Å². The van der Waals surface area contributed by atoms with Crippen LogP contribution in [-0.2, 0) is 9.53 Å². The Bertz CT molecular complexity index is 118. The molecule has 0 aromatic rings. The Balaban J connectivity index is 3.56. The van der Waals surface area contributed by atoms with Crippen LogP contribution in [0.15, 0.2) is 10.7 Å². The zero-order valence-electron chi connectivity index (χ0n) is 5.43. The maximum atomic E-state index is 9.92. The predicted octanol–water partition coefficient (Wildman–Crippen LogP) is 1.85. The van der Waals surface area contributed by atoms with Crippen LogP contribution in [-0.4, -0.2) is 12.4 Å². The summed E-state index contributed by atoms with van der Waals surface area (Å²) in [5.41, 5.74) is 0. The highest BCUT2D eigenvalue weighted by molar-refractivity contribution is 9.12. The smallest absolute Gasteiger partial charge is 0.160 e. The van der Waals surface area contributed by atoms with Crippen molar-refractivity contribution < 1.29 is 9.53 Å². The van der Waals surface area contributed by atoms with Gasteiger partial charge in [0.05, 0.1) is 10.6 Å². The Morgan fingerprint density at radius 1 is 1.67 bits per heavy atom. The van der Waals surface area contributed by atoms with Crippen molar-refractivity contribution in [3.05, 3.63) is 10.7 Å². The fourth-order valence-electron chi connectivity index (χ4n) is 0.229. The minimum atomic E-state index is 0.123. The van der Waals surface area contributed by atoms with Crippen LogP contribution in [0.2, 0.25) is 0 Å². The van der Waals surface area contributed by atoms with Gasteiger partial charge in [0.25, 0.3) is 0 Å². The van der Waals surface area contributed by atoms with Crippen molar-refractivity contribution in [3.63, 3.8) is 0 Å². The monoisotopic (exact) mass is 192 g/mol. The molecule has 0 saturated carbocycles. The van der Waals surface area contributed by atoms with Gasteiger partial charge >= 0.3 is 0 Å². The number of carbonyl (C=O) groups is 1. The number of carbonyl (C=O) groups excluding carboxylic acids is 1. The van der Waals surface area contributed by atoms with Gasteiger partial charge in [-0.1, -0.05) is 0 Å². The zero-order chi connectivity index (χ0) is 7.28. The fraction of sp³-hybridized carbons (Fsp3) is 0.500. The highest BCUT2D eigenvalue weighted by atomic mass is 79.9. The highest BCUT2D eigenvalue weighted by Gasteiger charge is 1.89. The lowest BCUT2D eigenvalue weighted by atomic mass is 10.5. The Kier molecular flexibility index (Phi) is 4.40. The van der Waals surface area contributed by atoms with Crippen molar-refractivity contribution in [1.29, 1.82) is 0 Å². The molecule has 3 heteroatoms. The average molecular weight is 193 g/mol. The molecule has 52 valence electrons. The third-order valence-corrected chi connectivity index (χ3v) is 0.939. The van der Waals surface area contributed by atoms with Gasteiger partial charge in [0.15, 0.2) is 6.29 Å². The lowest BCUT2D eigenvalue weighted by molar-refractivity contribution is -0.104. The van der Waals surface area contributed by atoms with Gasteiger partial charge in [-0.2, -0.15) is 0 Å². The van der Waals surface area contributed by atoms with Crippen LogP contribution < -0.4 is 0 Å². The van der Waals surface area contributed by atoms with Crippen LogP contribution in [0.5, 0.6) is 0 Å². The van der Waals surface area contributed by atoms with E-state index in [2.05, 4.69) is 15.9 Å². The standard InChI is InChI=1S/C6H9BrO2/c1-5(2)9-4-6(7)3-8/h3-5H,1-2H3/b6-4-. The van der Waals surface area contributed by atoms with E-state index in [1.165, 1.54) is 6.26 Å². The van der Waals surface area contributed by atoms with E-state index in [4.69, 9.17) is 4.74 Å². The third kappa shape index (κ3) is 5.56. The van der Waals surface area contributed by atoms with Gasteiger partial charge in [0, 0.05) is 0 Å². The van der Waals surface area contributed by atoms with E-state index in [1.54, 1.807) is 0 Å². The molecule has 0 aliphatic rings. The van der Waals surface area contributed by atoms with E-state index in [-0.39, 0.29) is 6.10 Å². The van der Waals surface area contributed by atoms with Gasteiger partial charge in [0.2, 0.25) is 0 Å². The predicted molar refractivity (Wildman–Crippen MR) is 39.3 cm³/mol. The lowest BCUT2D eigenvalue weighted by Crippen LogP contribution is -1.95. The molecule has 0 atom stereocenters. The first-order valence-electron chi connectivity index (χ1n) is 2.63. The van der Waals surface area contributed by atoms with Crippen molar-refractivity contribution in [2.45, 2.75) is 20.0 Å². The molecule has 0 unspecified atom stereocenters. The lowest BCUT2D eigenvalue weighted by Gasteiger charge is -2.01. The number of hydrogen-bond acceptors (Lipinski definition) is 2. The number of aldehydes is 1. The van der Waals surface area contributed by atoms with E-state index in [0.29, 0.717) is 10.8 Å². The molecule has 0 amide bonds. The first-order valence-corrected chi connectivity index (χ1v) is 3.42. The zero-order valence-corrected chi connectivity index (χ0v) is 7.01. The van der Waals surface area contributed by atoms with E-state index < -0.39 is 0 Å². The van der Waals surface area contributed by atoms with Gasteiger partial charge in [-0.15, -0.1) is 0 Å². The summed E-state index contributed by atoms with van der Waals surface area (Å²) in [4.78, 5) is 9.92. The molecule has 0 fully saturated rings. The molecule has 0 aliphatic carbocycles. The largest absolute Gasteiger partial charge is 0.497 e. The summed E-state index contributed by atoms with van der Waals surface area (Å²) in [7, 11) is 0. The second-order valence-electron chi connectivity index (χ2n) is 1.81. The number of hydrogen-bond donors (Lipinski definition) is 0. The summed E-state index contributed by atoms with van der Waals surface area (Å²) in [5, 5.41) is 0. The molecular formula is C6H9BrO2.